The van der Waals surface area contributed by atoms with Crippen molar-refractivity contribution in [3.05, 3.63) is 63.6 Å². The summed E-state index contributed by atoms with van der Waals surface area (Å²) >= 11 is 12.0. The van der Waals surface area contributed by atoms with Gasteiger partial charge in [0.05, 0.1) is 6.04 Å². The first-order chi connectivity index (χ1) is 11.8. The quantitative estimate of drug-likeness (QED) is 0.800. The molecule has 0 unspecified atom stereocenters. The fraction of sp³-hybridized carbons (Fsp3) is 0.222. The van der Waals surface area contributed by atoms with Crippen LogP contribution in [-0.4, -0.2) is 17.9 Å². The summed E-state index contributed by atoms with van der Waals surface area (Å²) in [5.41, 5.74) is 6.31. The third-order valence-corrected chi connectivity index (χ3v) is 4.17. The van der Waals surface area contributed by atoms with E-state index >= 15 is 0 Å². The van der Waals surface area contributed by atoms with Gasteiger partial charge in [-0.05, 0) is 55.8 Å². The lowest BCUT2D eigenvalue weighted by Gasteiger charge is -2.20. The molecule has 0 saturated heterocycles. The average molecular weight is 381 g/mol. The van der Waals surface area contributed by atoms with E-state index in [1.54, 1.807) is 49.4 Å². The van der Waals surface area contributed by atoms with E-state index in [9.17, 15) is 9.59 Å². The summed E-state index contributed by atoms with van der Waals surface area (Å²) in [7, 11) is 0. The first-order valence-corrected chi connectivity index (χ1v) is 8.35. The standard InChI is InChI=1S/C18H18Cl2N2O3/c1-10(15-8-5-13(19)9-16(15)20)22-18(24)11(2)25-14-6-3-12(4-7-14)17(21)23/h3-11H,1-2H3,(H2,21,23)(H,22,24)/t10-,11-/m1/s1. The second kappa shape index (κ2) is 8.23. The number of hydrogen-bond acceptors (Lipinski definition) is 3. The van der Waals surface area contributed by atoms with Crippen molar-refractivity contribution in [3.8, 4) is 5.75 Å². The highest BCUT2D eigenvalue weighted by molar-refractivity contribution is 6.35. The summed E-state index contributed by atoms with van der Waals surface area (Å²) in [5, 5.41) is 3.85. The number of hydrogen-bond donors (Lipinski definition) is 2. The molecule has 7 heteroatoms. The topological polar surface area (TPSA) is 81.4 Å². The third kappa shape index (κ3) is 5.11. The fourth-order valence-electron chi connectivity index (χ4n) is 2.22. The summed E-state index contributed by atoms with van der Waals surface area (Å²) < 4.78 is 5.58. The number of ether oxygens (including phenoxy) is 1. The second-order valence-electron chi connectivity index (χ2n) is 5.54. The Bertz CT molecular complexity index is 778. The molecule has 2 rings (SSSR count). The number of nitrogens with two attached hydrogens (primary N) is 1. The van der Waals surface area contributed by atoms with Crippen molar-refractivity contribution in [1.29, 1.82) is 0 Å². The zero-order valence-corrected chi connectivity index (χ0v) is 15.3. The van der Waals surface area contributed by atoms with E-state index in [2.05, 4.69) is 5.32 Å². The van der Waals surface area contributed by atoms with Crippen molar-refractivity contribution in [2.24, 2.45) is 5.73 Å². The molecule has 0 heterocycles. The minimum Gasteiger partial charge on any atom is -0.481 e. The lowest BCUT2D eigenvalue weighted by molar-refractivity contribution is -0.127. The molecule has 0 spiro atoms. The number of carbonyl (C=O) groups excluding carboxylic acids is 2. The molecule has 0 aliphatic carbocycles. The summed E-state index contributed by atoms with van der Waals surface area (Å²) in [4.78, 5) is 23.4. The maximum absolute atomic E-state index is 12.3. The molecule has 0 aromatic heterocycles. The summed E-state index contributed by atoms with van der Waals surface area (Å²) in [6, 6.07) is 11.1. The van der Waals surface area contributed by atoms with E-state index in [0.717, 1.165) is 5.56 Å². The van der Waals surface area contributed by atoms with Crippen LogP contribution >= 0.6 is 23.2 Å². The van der Waals surface area contributed by atoms with Crippen molar-refractivity contribution >= 4 is 35.0 Å². The highest BCUT2D eigenvalue weighted by Gasteiger charge is 2.19. The number of carbonyl (C=O) groups is 2. The lowest BCUT2D eigenvalue weighted by Crippen LogP contribution is -2.37. The van der Waals surface area contributed by atoms with Gasteiger partial charge in [-0.15, -0.1) is 0 Å². The molecular formula is C18H18Cl2N2O3. The molecule has 132 valence electrons. The van der Waals surface area contributed by atoms with Crippen LogP contribution in [0.3, 0.4) is 0 Å². The van der Waals surface area contributed by atoms with E-state index in [1.807, 2.05) is 6.92 Å². The van der Waals surface area contributed by atoms with Crippen LogP contribution in [0.25, 0.3) is 0 Å². The number of nitrogens with one attached hydrogen (secondary N) is 1. The van der Waals surface area contributed by atoms with E-state index in [-0.39, 0.29) is 11.9 Å². The van der Waals surface area contributed by atoms with Crippen LogP contribution in [0.5, 0.6) is 5.75 Å². The Morgan fingerprint density at radius 3 is 2.28 bits per heavy atom. The van der Waals surface area contributed by atoms with E-state index in [1.165, 1.54) is 0 Å². The van der Waals surface area contributed by atoms with E-state index in [0.29, 0.717) is 21.4 Å². The molecule has 25 heavy (non-hydrogen) atoms. The van der Waals surface area contributed by atoms with Crippen LogP contribution in [0.2, 0.25) is 10.0 Å². The van der Waals surface area contributed by atoms with Crippen molar-refractivity contribution in [2.45, 2.75) is 26.0 Å². The predicted molar refractivity (Wildman–Crippen MR) is 98.1 cm³/mol. The molecule has 2 aromatic rings. The molecule has 2 amide bonds. The van der Waals surface area contributed by atoms with Gasteiger partial charge in [0, 0.05) is 15.6 Å². The van der Waals surface area contributed by atoms with Crippen molar-refractivity contribution in [2.75, 3.05) is 0 Å². The number of primary amides is 1. The van der Waals surface area contributed by atoms with Crippen LogP contribution in [0, 0.1) is 0 Å². The molecule has 0 aliphatic rings. The molecule has 0 aliphatic heterocycles. The van der Waals surface area contributed by atoms with Gasteiger partial charge in [0.1, 0.15) is 5.75 Å². The van der Waals surface area contributed by atoms with Crippen LogP contribution in [0.1, 0.15) is 35.8 Å². The maximum atomic E-state index is 12.3. The molecule has 2 aromatic carbocycles. The number of benzene rings is 2. The fourth-order valence-corrected chi connectivity index (χ4v) is 2.79. The minimum absolute atomic E-state index is 0.294. The Morgan fingerprint density at radius 2 is 1.72 bits per heavy atom. The van der Waals surface area contributed by atoms with E-state index < -0.39 is 12.0 Å². The van der Waals surface area contributed by atoms with Crippen LogP contribution in [-0.2, 0) is 4.79 Å². The normalized spacial score (nSPS) is 13.0. The third-order valence-electron chi connectivity index (χ3n) is 3.61. The van der Waals surface area contributed by atoms with Gasteiger partial charge >= 0.3 is 0 Å². The lowest BCUT2D eigenvalue weighted by atomic mass is 10.1. The average Bonchev–Trinajstić information content (AvgIpc) is 2.55. The molecular weight excluding hydrogens is 363 g/mol. The van der Waals surface area contributed by atoms with Crippen molar-refractivity contribution < 1.29 is 14.3 Å². The van der Waals surface area contributed by atoms with Gasteiger partial charge in [-0.3, -0.25) is 9.59 Å². The van der Waals surface area contributed by atoms with Crippen LogP contribution in [0.15, 0.2) is 42.5 Å². The van der Waals surface area contributed by atoms with Crippen molar-refractivity contribution in [3.63, 3.8) is 0 Å². The van der Waals surface area contributed by atoms with Crippen LogP contribution in [0.4, 0.5) is 0 Å². The Balaban J connectivity index is 1.98. The molecule has 3 N–H and O–H groups in total. The minimum atomic E-state index is -0.729. The first kappa shape index (κ1) is 19.1. The number of rotatable bonds is 6. The maximum Gasteiger partial charge on any atom is 0.261 e. The Morgan fingerprint density at radius 1 is 1.08 bits per heavy atom. The monoisotopic (exact) mass is 380 g/mol. The number of halogens is 2. The number of amides is 2. The first-order valence-electron chi connectivity index (χ1n) is 7.59. The van der Waals surface area contributed by atoms with Gasteiger partial charge in [0.2, 0.25) is 5.91 Å². The Hall–Kier alpha value is -2.24. The summed E-state index contributed by atoms with van der Waals surface area (Å²) in [5.74, 6) is -0.353. The Labute approximate surface area is 156 Å². The van der Waals surface area contributed by atoms with Gasteiger partial charge in [-0.1, -0.05) is 29.3 Å². The SMILES string of the molecule is C[C@@H](Oc1ccc(C(N)=O)cc1)C(=O)N[C@H](C)c1ccc(Cl)cc1Cl. The molecule has 0 saturated carbocycles. The van der Waals surface area contributed by atoms with E-state index in [4.69, 9.17) is 33.7 Å². The predicted octanol–water partition coefficient (Wildman–Crippen LogP) is 3.74. The van der Waals surface area contributed by atoms with Gasteiger partial charge in [0.15, 0.2) is 6.10 Å². The zero-order chi connectivity index (χ0) is 18.6. The largest absolute Gasteiger partial charge is 0.481 e. The van der Waals surface area contributed by atoms with Gasteiger partial charge in [-0.2, -0.15) is 0 Å². The summed E-state index contributed by atoms with van der Waals surface area (Å²) in [6.07, 6.45) is -0.729. The highest BCUT2D eigenvalue weighted by atomic mass is 35.5. The van der Waals surface area contributed by atoms with Crippen molar-refractivity contribution in [1.82, 2.24) is 5.32 Å². The molecule has 0 bridgehead atoms. The Kier molecular flexibility index (Phi) is 6.28. The second-order valence-corrected chi connectivity index (χ2v) is 6.39. The smallest absolute Gasteiger partial charge is 0.261 e. The zero-order valence-electron chi connectivity index (χ0n) is 13.8. The molecule has 0 radical (unpaired) electrons. The highest BCUT2D eigenvalue weighted by Crippen LogP contribution is 2.26. The molecule has 0 fully saturated rings. The van der Waals surface area contributed by atoms with Gasteiger partial charge < -0.3 is 15.8 Å². The molecule has 2 atom stereocenters. The van der Waals surface area contributed by atoms with Gasteiger partial charge in [-0.25, -0.2) is 0 Å². The summed E-state index contributed by atoms with van der Waals surface area (Å²) in [6.45, 7) is 3.45. The van der Waals surface area contributed by atoms with Gasteiger partial charge in [0.25, 0.3) is 5.91 Å². The molecule has 5 nitrogen and oxygen atoms in total. The van der Waals surface area contributed by atoms with Crippen LogP contribution < -0.4 is 15.8 Å².